The van der Waals surface area contributed by atoms with E-state index in [1.807, 2.05) is 13.0 Å². The first-order valence-electron chi connectivity index (χ1n) is 7.21. The molecule has 5 nitrogen and oxygen atoms in total. The topological polar surface area (TPSA) is 67.6 Å². The summed E-state index contributed by atoms with van der Waals surface area (Å²) in [5, 5.41) is 0. The highest BCUT2D eigenvalue weighted by Crippen LogP contribution is 2.36. The van der Waals surface area contributed by atoms with Gasteiger partial charge >= 0.3 is 0 Å². The van der Waals surface area contributed by atoms with Gasteiger partial charge in [-0.25, -0.2) is 8.42 Å². The third-order valence-electron chi connectivity index (χ3n) is 3.96. The molecule has 1 aromatic carbocycles. The Morgan fingerprint density at radius 1 is 1.26 bits per heavy atom. The van der Waals surface area contributed by atoms with Gasteiger partial charge < -0.3 is 9.32 Å². The zero-order valence-electron chi connectivity index (χ0n) is 12.9. The standard InChI is InChI=1S/C17H17NO4S/c1-12-7-8-13(22-12)9-10-17(19)18(2)15-11-23(20,21)16-6-4-3-5-14(15)16/h3-10,15H,11H2,1-2H3. The first-order valence-corrected chi connectivity index (χ1v) is 8.87. The van der Waals surface area contributed by atoms with Gasteiger partial charge in [-0.3, -0.25) is 4.79 Å². The molecule has 0 N–H and O–H groups in total. The third-order valence-corrected chi connectivity index (χ3v) is 5.75. The number of hydrogen-bond acceptors (Lipinski definition) is 4. The second kappa shape index (κ2) is 5.70. The molecule has 0 radical (unpaired) electrons. The average Bonchev–Trinajstić information content (AvgIpc) is 3.06. The van der Waals surface area contributed by atoms with Crippen molar-refractivity contribution in [2.75, 3.05) is 12.8 Å². The summed E-state index contributed by atoms with van der Waals surface area (Å²) in [6.45, 7) is 1.83. The summed E-state index contributed by atoms with van der Waals surface area (Å²) in [4.78, 5) is 14.1. The Morgan fingerprint density at radius 2 is 2.00 bits per heavy atom. The van der Waals surface area contributed by atoms with E-state index >= 15 is 0 Å². The molecule has 3 rings (SSSR count). The SMILES string of the molecule is Cc1ccc(C=CC(=O)N(C)C2CS(=O)(=O)c3ccccc32)o1. The number of rotatable bonds is 3. The molecule has 0 saturated carbocycles. The number of hydrogen-bond donors (Lipinski definition) is 0. The first kappa shape index (κ1) is 15.6. The maximum Gasteiger partial charge on any atom is 0.246 e. The van der Waals surface area contributed by atoms with Gasteiger partial charge in [-0.1, -0.05) is 18.2 Å². The second-order valence-electron chi connectivity index (χ2n) is 5.57. The molecule has 0 saturated heterocycles. The van der Waals surface area contributed by atoms with E-state index in [9.17, 15) is 13.2 Å². The van der Waals surface area contributed by atoms with E-state index in [1.54, 1.807) is 43.5 Å². The van der Waals surface area contributed by atoms with Crippen molar-refractivity contribution in [2.24, 2.45) is 0 Å². The maximum atomic E-state index is 12.3. The van der Waals surface area contributed by atoms with E-state index in [2.05, 4.69) is 0 Å². The van der Waals surface area contributed by atoms with Gasteiger partial charge in [0.15, 0.2) is 9.84 Å². The number of aryl methyl sites for hydroxylation is 1. The molecule has 1 aliphatic rings. The van der Waals surface area contributed by atoms with Crippen LogP contribution in [0.1, 0.15) is 23.1 Å². The molecule has 120 valence electrons. The Balaban J connectivity index is 1.82. The molecule has 0 bridgehead atoms. The number of likely N-dealkylation sites (N-methyl/N-ethyl adjacent to an activating group) is 1. The molecule has 1 atom stereocenters. The van der Waals surface area contributed by atoms with E-state index in [0.717, 1.165) is 5.76 Å². The third kappa shape index (κ3) is 2.94. The van der Waals surface area contributed by atoms with Crippen molar-refractivity contribution in [3.63, 3.8) is 0 Å². The van der Waals surface area contributed by atoms with Gasteiger partial charge in [-0.2, -0.15) is 0 Å². The molecule has 1 aromatic heterocycles. The minimum atomic E-state index is -3.33. The summed E-state index contributed by atoms with van der Waals surface area (Å²) >= 11 is 0. The Morgan fingerprint density at radius 3 is 2.70 bits per heavy atom. The van der Waals surface area contributed by atoms with Crippen LogP contribution in [-0.2, 0) is 14.6 Å². The van der Waals surface area contributed by atoms with Gasteiger partial charge in [0.1, 0.15) is 11.5 Å². The predicted molar refractivity (Wildman–Crippen MR) is 86.5 cm³/mol. The predicted octanol–water partition coefficient (Wildman–Crippen LogP) is 2.59. The summed E-state index contributed by atoms with van der Waals surface area (Å²) in [6.07, 6.45) is 2.98. The van der Waals surface area contributed by atoms with E-state index in [-0.39, 0.29) is 11.7 Å². The van der Waals surface area contributed by atoms with E-state index < -0.39 is 15.9 Å². The van der Waals surface area contributed by atoms with Crippen molar-refractivity contribution in [2.45, 2.75) is 17.9 Å². The molecular weight excluding hydrogens is 314 g/mol. The fraction of sp³-hybridized carbons (Fsp3) is 0.235. The molecule has 2 heterocycles. The normalized spacial score (nSPS) is 19.0. The molecule has 1 amide bonds. The van der Waals surface area contributed by atoms with E-state index in [0.29, 0.717) is 16.2 Å². The Bertz CT molecular complexity index is 880. The molecule has 6 heteroatoms. The lowest BCUT2D eigenvalue weighted by Gasteiger charge is -2.23. The van der Waals surface area contributed by atoms with Gasteiger partial charge in [-0.15, -0.1) is 0 Å². The number of benzene rings is 1. The molecular formula is C17H17NO4S. The van der Waals surface area contributed by atoms with Gasteiger partial charge in [0.2, 0.25) is 5.91 Å². The van der Waals surface area contributed by atoms with Crippen LogP contribution in [-0.4, -0.2) is 32.0 Å². The van der Waals surface area contributed by atoms with Crippen molar-refractivity contribution < 1.29 is 17.6 Å². The zero-order chi connectivity index (χ0) is 16.6. The molecule has 1 unspecified atom stereocenters. The second-order valence-corrected chi connectivity index (χ2v) is 7.57. The number of nitrogens with zero attached hydrogens (tertiary/aromatic N) is 1. The van der Waals surface area contributed by atoms with Crippen LogP contribution >= 0.6 is 0 Å². The van der Waals surface area contributed by atoms with Crippen molar-refractivity contribution >= 4 is 21.8 Å². The zero-order valence-corrected chi connectivity index (χ0v) is 13.7. The monoisotopic (exact) mass is 331 g/mol. The van der Waals surface area contributed by atoms with Crippen LogP contribution in [0.5, 0.6) is 0 Å². The fourth-order valence-electron chi connectivity index (χ4n) is 2.71. The summed E-state index contributed by atoms with van der Waals surface area (Å²) in [7, 11) is -1.72. The highest BCUT2D eigenvalue weighted by Gasteiger charge is 2.37. The molecule has 0 spiro atoms. The lowest BCUT2D eigenvalue weighted by molar-refractivity contribution is -0.126. The lowest BCUT2D eigenvalue weighted by Crippen LogP contribution is -2.30. The quantitative estimate of drug-likeness (QED) is 0.811. The molecule has 0 fully saturated rings. The van der Waals surface area contributed by atoms with Crippen LogP contribution < -0.4 is 0 Å². The van der Waals surface area contributed by atoms with Crippen LogP contribution in [0, 0.1) is 6.92 Å². The largest absolute Gasteiger partial charge is 0.462 e. The number of amides is 1. The summed E-state index contributed by atoms with van der Waals surface area (Å²) in [5.41, 5.74) is 0.672. The van der Waals surface area contributed by atoms with Gasteiger partial charge in [0.25, 0.3) is 0 Å². The Hall–Kier alpha value is -2.34. The number of furan rings is 1. The Labute approximate surface area is 135 Å². The highest BCUT2D eigenvalue weighted by atomic mass is 32.2. The highest BCUT2D eigenvalue weighted by molar-refractivity contribution is 7.91. The van der Waals surface area contributed by atoms with Crippen molar-refractivity contribution in [3.8, 4) is 0 Å². The van der Waals surface area contributed by atoms with Crippen LogP contribution in [0.25, 0.3) is 6.08 Å². The smallest absolute Gasteiger partial charge is 0.246 e. The number of carbonyl (C=O) groups is 1. The maximum absolute atomic E-state index is 12.3. The lowest BCUT2D eigenvalue weighted by atomic mass is 10.1. The van der Waals surface area contributed by atoms with Gasteiger partial charge in [0, 0.05) is 13.1 Å². The van der Waals surface area contributed by atoms with Gasteiger partial charge in [0.05, 0.1) is 16.7 Å². The number of sulfone groups is 1. The molecule has 0 aliphatic carbocycles. The van der Waals surface area contributed by atoms with Crippen molar-refractivity contribution in [1.29, 1.82) is 0 Å². The minimum Gasteiger partial charge on any atom is -0.462 e. The van der Waals surface area contributed by atoms with E-state index in [1.165, 1.54) is 11.0 Å². The summed E-state index contributed by atoms with van der Waals surface area (Å²) in [6, 6.07) is 9.94. The van der Waals surface area contributed by atoms with Crippen LogP contribution in [0.4, 0.5) is 0 Å². The summed E-state index contributed by atoms with van der Waals surface area (Å²) < 4.78 is 29.8. The fourth-order valence-corrected chi connectivity index (χ4v) is 4.56. The Kier molecular flexibility index (Phi) is 3.85. The van der Waals surface area contributed by atoms with Crippen LogP contribution in [0.3, 0.4) is 0 Å². The van der Waals surface area contributed by atoms with E-state index in [4.69, 9.17) is 4.42 Å². The van der Waals surface area contributed by atoms with Crippen molar-refractivity contribution in [3.05, 3.63) is 59.6 Å². The summed E-state index contributed by atoms with van der Waals surface area (Å²) in [5.74, 6) is 1.00. The first-order chi connectivity index (χ1) is 10.9. The molecule has 23 heavy (non-hydrogen) atoms. The van der Waals surface area contributed by atoms with Crippen LogP contribution in [0.15, 0.2) is 51.8 Å². The number of carbonyl (C=O) groups excluding carboxylic acids is 1. The number of fused-ring (bicyclic) bond motifs is 1. The van der Waals surface area contributed by atoms with Crippen molar-refractivity contribution in [1.82, 2.24) is 4.90 Å². The average molecular weight is 331 g/mol. The molecule has 2 aromatic rings. The van der Waals surface area contributed by atoms with Crippen LogP contribution in [0.2, 0.25) is 0 Å². The van der Waals surface area contributed by atoms with Gasteiger partial charge in [-0.05, 0) is 36.8 Å². The minimum absolute atomic E-state index is 0.0811. The molecule has 1 aliphatic heterocycles.